The zero-order valence-corrected chi connectivity index (χ0v) is 19.8. The van der Waals surface area contributed by atoms with E-state index >= 15 is 0 Å². The van der Waals surface area contributed by atoms with Crippen molar-refractivity contribution in [2.45, 2.75) is 59.2 Å². The van der Waals surface area contributed by atoms with Crippen molar-refractivity contribution in [3.8, 4) is 0 Å². The number of rotatable bonds is 9. The second kappa shape index (κ2) is 11.5. The largest absolute Gasteiger partial charge is 0.466 e. The maximum absolute atomic E-state index is 13.0. The monoisotopic (exact) mass is 461 g/mol. The number of aromatic nitrogens is 1. The minimum Gasteiger partial charge on any atom is -0.466 e. The molecule has 0 bridgehead atoms. The van der Waals surface area contributed by atoms with E-state index in [4.69, 9.17) is 20.8 Å². The van der Waals surface area contributed by atoms with E-state index in [-0.39, 0.29) is 23.5 Å². The van der Waals surface area contributed by atoms with Gasteiger partial charge in [-0.25, -0.2) is 4.98 Å². The third-order valence-corrected chi connectivity index (χ3v) is 6.16. The van der Waals surface area contributed by atoms with E-state index < -0.39 is 0 Å². The first-order valence-corrected chi connectivity index (χ1v) is 11.7. The van der Waals surface area contributed by atoms with Gasteiger partial charge in [0, 0.05) is 30.7 Å². The average Bonchev–Trinajstić information content (AvgIpc) is 3.26. The maximum atomic E-state index is 13.0. The summed E-state index contributed by atoms with van der Waals surface area (Å²) < 4.78 is 10.8. The van der Waals surface area contributed by atoms with E-state index in [2.05, 4.69) is 23.7 Å². The molecule has 2 atom stereocenters. The summed E-state index contributed by atoms with van der Waals surface area (Å²) >= 11 is 6.14. The molecule has 2 heterocycles. The van der Waals surface area contributed by atoms with Crippen molar-refractivity contribution in [3.05, 3.63) is 52.7 Å². The number of benzene rings is 1. The van der Waals surface area contributed by atoms with Crippen molar-refractivity contribution < 1.29 is 18.7 Å². The minimum atomic E-state index is -0.280. The highest BCUT2D eigenvalue weighted by molar-refractivity contribution is 6.30. The molecule has 0 aliphatic carbocycles. The first-order valence-electron chi connectivity index (χ1n) is 11.3. The molecule has 1 aliphatic heterocycles. The van der Waals surface area contributed by atoms with Crippen molar-refractivity contribution in [1.82, 2.24) is 14.8 Å². The number of piperidine rings is 1. The standard InChI is InChI=1S/C24H32ClN3O4/c1-4-17(3)28(13-18-8-6-10-20(25)12-18)15-22-26-21(16-32-22)23(29)27-11-7-9-19(14-27)24(30)31-5-2/h6,8,10,12,16-17,19H,4-5,7,9,11,13-15H2,1-3H3/t17-,19-/m1/s1. The molecule has 1 saturated heterocycles. The third kappa shape index (κ3) is 6.33. The van der Waals surface area contributed by atoms with Crippen LogP contribution in [-0.2, 0) is 22.6 Å². The highest BCUT2D eigenvalue weighted by Gasteiger charge is 2.31. The molecule has 32 heavy (non-hydrogen) atoms. The van der Waals surface area contributed by atoms with Crippen LogP contribution >= 0.6 is 11.6 Å². The van der Waals surface area contributed by atoms with Crippen LogP contribution in [-0.4, -0.2) is 52.4 Å². The van der Waals surface area contributed by atoms with Gasteiger partial charge in [0.15, 0.2) is 5.69 Å². The summed E-state index contributed by atoms with van der Waals surface area (Å²) in [6.07, 6.45) is 3.89. The Balaban J connectivity index is 1.66. The molecular formula is C24H32ClN3O4. The number of halogens is 1. The summed E-state index contributed by atoms with van der Waals surface area (Å²) in [5, 5.41) is 0.707. The number of oxazole rings is 1. The Kier molecular flexibility index (Phi) is 8.70. The average molecular weight is 462 g/mol. The van der Waals surface area contributed by atoms with Crippen molar-refractivity contribution in [3.63, 3.8) is 0 Å². The van der Waals surface area contributed by atoms with E-state index in [0.717, 1.165) is 24.8 Å². The van der Waals surface area contributed by atoms with Gasteiger partial charge < -0.3 is 14.1 Å². The molecule has 1 aromatic heterocycles. The first kappa shape index (κ1) is 24.3. The Labute approximate surface area is 194 Å². The zero-order chi connectivity index (χ0) is 23.1. The number of carbonyl (C=O) groups is 2. The first-order chi connectivity index (χ1) is 15.4. The van der Waals surface area contributed by atoms with E-state index in [9.17, 15) is 9.59 Å². The smallest absolute Gasteiger partial charge is 0.310 e. The Hall–Kier alpha value is -2.38. The van der Waals surface area contributed by atoms with Crippen molar-refractivity contribution in [1.29, 1.82) is 0 Å². The summed E-state index contributed by atoms with van der Waals surface area (Å²) in [7, 11) is 0. The molecule has 3 rings (SSSR count). The van der Waals surface area contributed by atoms with Crippen LogP contribution in [0.3, 0.4) is 0 Å². The fraction of sp³-hybridized carbons (Fsp3) is 0.542. The maximum Gasteiger partial charge on any atom is 0.310 e. The van der Waals surface area contributed by atoms with Gasteiger partial charge in [-0.15, -0.1) is 0 Å². The molecule has 8 heteroatoms. The highest BCUT2D eigenvalue weighted by atomic mass is 35.5. The lowest BCUT2D eigenvalue weighted by molar-refractivity contribution is -0.149. The number of carbonyl (C=O) groups excluding carboxylic acids is 2. The van der Waals surface area contributed by atoms with Gasteiger partial charge >= 0.3 is 5.97 Å². The number of ether oxygens (including phenoxy) is 1. The van der Waals surface area contributed by atoms with Gasteiger partial charge in [-0.1, -0.05) is 30.7 Å². The van der Waals surface area contributed by atoms with Gasteiger partial charge in [-0.3, -0.25) is 14.5 Å². The number of nitrogens with zero attached hydrogens (tertiary/aromatic N) is 3. The van der Waals surface area contributed by atoms with Crippen LogP contribution < -0.4 is 0 Å². The molecule has 0 radical (unpaired) electrons. The summed E-state index contributed by atoms with van der Waals surface area (Å²) in [6, 6.07) is 8.10. The van der Waals surface area contributed by atoms with Gasteiger partial charge in [0.05, 0.1) is 19.1 Å². The molecule has 0 N–H and O–H groups in total. The Morgan fingerprint density at radius 2 is 2.16 bits per heavy atom. The summed E-state index contributed by atoms with van der Waals surface area (Å²) in [5.41, 5.74) is 1.38. The Morgan fingerprint density at radius 3 is 2.88 bits per heavy atom. The van der Waals surface area contributed by atoms with Crippen LogP contribution in [0.4, 0.5) is 0 Å². The molecule has 0 unspecified atom stereocenters. The number of hydrogen-bond acceptors (Lipinski definition) is 6. The second-order valence-corrected chi connectivity index (χ2v) is 8.70. The summed E-state index contributed by atoms with van der Waals surface area (Å²) in [5.74, 6) is -0.234. The SMILES string of the molecule is CCOC(=O)[C@@H]1CCCN(C(=O)c2coc(CN(Cc3cccc(Cl)c3)[C@H](C)CC)n2)C1. The molecule has 0 spiro atoms. The molecule has 1 amide bonds. The lowest BCUT2D eigenvalue weighted by Crippen LogP contribution is -2.43. The lowest BCUT2D eigenvalue weighted by Gasteiger charge is -2.30. The van der Waals surface area contributed by atoms with E-state index in [0.29, 0.717) is 49.7 Å². The molecule has 1 fully saturated rings. The summed E-state index contributed by atoms with van der Waals surface area (Å²) in [4.78, 5) is 33.4. The highest BCUT2D eigenvalue weighted by Crippen LogP contribution is 2.21. The van der Waals surface area contributed by atoms with Crippen LogP contribution in [0.5, 0.6) is 0 Å². The normalized spacial score (nSPS) is 17.4. The fourth-order valence-electron chi connectivity index (χ4n) is 3.93. The van der Waals surface area contributed by atoms with Crippen LogP contribution in [0.2, 0.25) is 5.02 Å². The number of amides is 1. The lowest BCUT2D eigenvalue weighted by atomic mass is 9.98. The van der Waals surface area contributed by atoms with Crippen molar-refractivity contribution in [2.24, 2.45) is 5.92 Å². The molecule has 7 nitrogen and oxygen atoms in total. The molecule has 174 valence electrons. The van der Waals surface area contributed by atoms with Crippen molar-refractivity contribution in [2.75, 3.05) is 19.7 Å². The van der Waals surface area contributed by atoms with Crippen molar-refractivity contribution >= 4 is 23.5 Å². The minimum absolute atomic E-state index is 0.209. The van der Waals surface area contributed by atoms with Crippen LogP contribution in [0.15, 0.2) is 34.9 Å². The number of likely N-dealkylation sites (tertiary alicyclic amines) is 1. The van der Waals surface area contributed by atoms with E-state index in [1.807, 2.05) is 24.3 Å². The third-order valence-electron chi connectivity index (χ3n) is 5.93. The van der Waals surface area contributed by atoms with Crippen LogP contribution in [0.25, 0.3) is 0 Å². The van der Waals surface area contributed by atoms with Crippen LogP contribution in [0, 0.1) is 5.92 Å². The Morgan fingerprint density at radius 1 is 1.34 bits per heavy atom. The second-order valence-electron chi connectivity index (χ2n) is 8.26. The van der Waals surface area contributed by atoms with Gasteiger partial charge in [0.25, 0.3) is 5.91 Å². The van der Waals surface area contributed by atoms with Gasteiger partial charge in [-0.05, 0) is 50.8 Å². The molecule has 1 aromatic carbocycles. The van der Waals surface area contributed by atoms with Crippen LogP contribution in [0.1, 0.15) is 62.0 Å². The van der Waals surface area contributed by atoms with E-state index in [1.54, 1.807) is 11.8 Å². The number of esters is 1. The fourth-order valence-corrected chi connectivity index (χ4v) is 4.14. The van der Waals surface area contributed by atoms with Gasteiger partial charge in [0.1, 0.15) is 6.26 Å². The zero-order valence-electron chi connectivity index (χ0n) is 19.1. The number of hydrogen-bond donors (Lipinski definition) is 0. The van der Waals surface area contributed by atoms with Gasteiger partial charge in [0.2, 0.25) is 5.89 Å². The molecule has 0 saturated carbocycles. The summed E-state index contributed by atoms with van der Waals surface area (Å²) in [6.45, 7) is 8.57. The molecule has 2 aromatic rings. The predicted molar refractivity (Wildman–Crippen MR) is 122 cm³/mol. The molecule has 1 aliphatic rings. The topological polar surface area (TPSA) is 75.9 Å². The Bertz CT molecular complexity index is 916. The van der Waals surface area contributed by atoms with E-state index in [1.165, 1.54) is 6.26 Å². The molecular weight excluding hydrogens is 430 g/mol. The predicted octanol–water partition coefficient (Wildman–Crippen LogP) is 4.54. The quantitative estimate of drug-likeness (QED) is 0.510. The van der Waals surface area contributed by atoms with Gasteiger partial charge in [-0.2, -0.15) is 0 Å².